The molecule has 0 unspecified atom stereocenters. The molecule has 11 heavy (non-hydrogen) atoms. The second kappa shape index (κ2) is 3.37. The lowest BCUT2D eigenvalue weighted by molar-refractivity contribution is -0.120. The number of carbonyl (C=O) groups is 2. The Hall–Kier alpha value is -1.06. The van der Waals surface area contributed by atoms with E-state index in [0.717, 1.165) is 19.4 Å². The summed E-state index contributed by atoms with van der Waals surface area (Å²) >= 11 is 0. The van der Waals surface area contributed by atoms with E-state index in [1.54, 1.807) is 4.90 Å². The lowest BCUT2D eigenvalue weighted by atomic mass is 10.3. The van der Waals surface area contributed by atoms with Gasteiger partial charge in [-0.05, 0) is 6.42 Å². The molecule has 1 rings (SSSR count). The summed E-state index contributed by atoms with van der Waals surface area (Å²) in [5.74, 6) is -0.0252. The molecule has 62 valence electrons. The van der Waals surface area contributed by atoms with Crippen molar-refractivity contribution in [3.8, 4) is 0 Å². The van der Waals surface area contributed by atoms with Crippen LogP contribution in [0, 0.1) is 0 Å². The fourth-order valence-electron chi connectivity index (χ4n) is 1.29. The Kier molecular flexibility index (Phi) is 2.46. The quantitative estimate of drug-likeness (QED) is 0.540. The summed E-state index contributed by atoms with van der Waals surface area (Å²) in [6.07, 6.45) is 1.69. The summed E-state index contributed by atoms with van der Waals surface area (Å²) in [7, 11) is 0. The minimum atomic E-state index is -0.0252. The van der Waals surface area contributed by atoms with Crippen molar-refractivity contribution in [1.82, 2.24) is 10.2 Å². The molecular formula is C7H12N2O2. The molecule has 2 amide bonds. The second-order valence-corrected chi connectivity index (χ2v) is 2.79. The first-order chi connectivity index (χ1) is 5.22. The molecule has 0 spiro atoms. The maximum atomic E-state index is 10.6. The lowest BCUT2D eigenvalue weighted by Crippen LogP contribution is -2.35. The van der Waals surface area contributed by atoms with E-state index in [2.05, 4.69) is 5.32 Å². The van der Waals surface area contributed by atoms with Crippen LogP contribution < -0.4 is 5.32 Å². The number of likely N-dealkylation sites (tertiary alicyclic amines) is 1. The van der Waals surface area contributed by atoms with E-state index in [0.29, 0.717) is 6.54 Å². The van der Waals surface area contributed by atoms with Gasteiger partial charge in [0.1, 0.15) is 0 Å². The highest BCUT2D eigenvalue weighted by atomic mass is 16.1. The van der Waals surface area contributed by atoms with Gasteiger partial charge in [0.05, 0.1) is 0 Å². The van der Waals surface area contributed by atoms with Crippen LogP contribution in [0.2, 0.25) is 0 Å². The zero-order valence-electron chi connectivity index (χ0n) is 6.54. The zero-order chi connectivity index (χ0) is 8.27. The molecule has 0 bridgehead atoms. The van der Waals surface area contributed by atoms with Gasteiger partial charge in [0, 0.05) is 26.1 Å². The van der Waals surface area contributed by atoms with Gasteiger partial charge in [-0.3, -0.25) is 9.59 Å². The molecule has 0 radical (unpaired) electrons. The molecule has 1 aliphatic rings. The van der Waals surface area contributed by atoms with Crippen LogP contribution in [0.1, 0.15) is 13.3 Å². The van der Waals surface area contributed by atoms with E-state index in [1.807, 2.05) is 0 Å². The van der Waals surface area contributed by atoms with Crippen molar-refractivity contribution in [2.45, 2.75) is 19.4 Å². The summed E-state index contributed by atoms with van der Waals surface area (Å²) in [5, 5.41) is 2.77. The van der Waals surface area contributed by atoms with E-state index in [4.69, 9.17) is 0 Å². The van der Waals surface area contributed by atoms with Gasteiger partial charge >= 0.3 is 0 Å². The molecule has 0 aliphatic carbocycles. The van der Waals surface area contributed by atoms with Crippen LogP contribution in [0.25, 0.3) is 0 Å². The topological polar surface area (TPSA) is 49.4 Å². The normalized spacial score (nSPS) is 23.4. The van der Waals surface area contributed by atoms with Gasteiger partial charge in [-0.15, -0.1) is 0 Å². The second-order valence-electron chi connectivity index (χ2n) is 2.79. The highest BCUT2D eigenvalue weighted by Gasteiger charge is 2.20. The summed E-state index contributed by atoms with van der Waals surface area (Å²) in [6, 6.07) is 0.165. The van der Waals surface area contributed by atoms with Crippen LogP contribution >= 0.6 is 0 Å². The minimum Gasteiger partial charge on any atom is -0.352 e. The Morgan fingerprint density at radius 1 is 1.73 bits per heavy atom. The SMILES string of the molecule is CC(=O)N[C@@H]1CCN(C=O)C1. The van der Waals surface area contributed by atoms with Crippen LogP contribution in [-0.2, 0) is 9.59 Å². The van der Waals surface area contributed by atoms with Gasteiger partial charge in [0.2, 0.25) is 12.3 Å². The first-order valence-electron chi connectivity index (χ1n) is 3.69. The Bertz CT molecular complexity index is 170. The van der Waals surface area contributed by atoms with Crippen molar-refractivity contribution in [3.05, 3.63) is 0 Å². The van der Waals surface area contributed by atoms with E-state index >= 15 is 0 Å². The monoisotopic (exact) mass is 156 g/mol. The summed E-state index contributed by atoms with van der Waals surface area (Å²) < 4.78 is 0. The average Bonchev–Trinajstić information content (AvgIpc) is 2.34. The summed E-state index contributed by atoms with van der Waals surface area (Å²) in [5.41, 5.74) is 0. The molecule has 1 atom stereocenters. The van der Waals surface area contributed by atoms with Crippen LogP contribution in [-0.4, -0.2) is 36.3 Å². The van der Waals surface area contributed by atoms with Gasteiger partial charge in [0.25, 0.3) is 0 Å². The Labute approximate surface area is 65.6 Å². The van der Waals surface area contributed by atoms with E-state index in [-0.39, 0.29) is 11.9 Å². The summed E-state index contributed by atoms with van der Waals surface area (Å²) in [6.45, 7) is 2.90. The maximum absolute atomic E-state index is 10.6. The fourth-order valence-corrected chi connectivity index (χ4v) is 1.29. The smallest absolute Gasteiger partial charge is 0.217 e. The minimum absolute atomic E-state index is 0.0252. The van der Waals surface area contributed by atoms with Gasteiger partial charge in [0.15, 0.2) is 0 Å². The standard InChI is InChI=1S/C7H12N2O2/c1-6(11)8-7-2-3-9(4-7)5-10/h5,7H,2-4H2,1H3,(H,8,11)/t7-/m1/s1. The predicted octanol–water partition coefficient (Wildman–Crippen LogP) is -0.647. The van der Waals surface area contributed by atoms with Gasteiger partial charge in [-0.25, -0.2) is 0 Å². The summed E-state index contributed by atoms with van der Waals surface area (Å²) in [4.78, 5) is 22.5. The van der Waals surface area contributed by atoms with Gasteiger partial charge < -0.3 is 10.2 Å². The zero-order valence-corrected chi connectivity index (χ0v) is 6.54. The fraction of sp³-hybridized carbons (Fsp3) is 0.714. The Balaban J connectivity index is 2.29. The number of carbonyl (C=O) groups excluding carboxylic acids is 2. The van der Waals surface area contributed by atoms with Crippen LogP contribution in [0.3, 0.4) is 0 Å². The van der Waals surface area contributed by atoms with Crippen molar-refractivity contribution in [2.24, 2.45) is 0 Å². The Morgan fingerprint density at radius 3 is 2.91 bits per heavy atom. The van der Waals surface area contributed by atoms with Crippen molar-refractivity contribution in [2.75, 3.05) is 13.1 Å². The third-order valence-corrected chi connectivity index (χ3v) is 1.78. The molecule has 0 aromatic carbocycles. The predicted molar refractivity (Wildman–Crippen MR) is 39.9 cm³/mol. The number of amides is 2. The third-order valence-electron chi connectivity index (χ3n) is 1.78. The average molecular weight is 156 g/mol. The Morgan fingerprint density at radius 2 is 2.45 bits per heavy atom. The van der Waals surface area contributed by atoms with Crippen molar-refractivity contribution >= 4 is 12.3 Å². The first kappa shape index (κ1) is 8.04. The molecule has 1 saturated heterocycles. The number of hydrogen-bond acceptors (Lipinski definition) is 2. The highest BCUT2D eigenvalue weighted by Crippen LogP contribution is 2.05. The molecule has 4 nitrogen and oxygen atoms in total. The lowest BCUT2D eigenvalue weighted by Gasteiger charge is -2.10. The molecule has 1 heterocycles. The van der Waals surface area contributed by atoms with E-state index in [1.165, 1.54) is 6.92 Å². The van der Waals surface area contributed by atoms with Crippen molar-refractivity contribution < 1.29 is 9.59 Å². The third kappa shape index (κ3) is 2.22. The van der Waals surface area contributed by atoms with Crippen molar-refractivity contribution in [1.29, 1.82) is 0 Å². The molecule has 1 fully saturated rings. The molecule has 1 aliphatic heterocycles. The molecule has 0 aromatic rings. The molecule has 0 aromatic heterocycles. The highest BCUT2D eigenvalue weighted by molar-refractivity contribution is 5.73. The number of rotatable bonds is 2. The van der Waals surface area contributed by atoms with Gasteiger partial charge in [-0.2, -0.15) is 0 Å². The maximum Gasteiger partial charge on any atom is 0.217 e. The number of nitrogens with one attached hydrogen (secondary N) is 1. The van der Waals surface area contributed by atoms with E-state index < -0.39 is 0 Å². The number of hydrogen-bond donors (Lipinski definition) is 1. The molecule has 0 saturated carbocycles. The first-order valence-corrected chi connectivity index (χ1v) is 3.69. The van der Waals surface area contributed by atoms with Gasteiger partial charge in [-0.1, -0.05) is 0 Å². The van der Waals surface area contributed by atoms with Crippen LogP contribution in [0.5, 0.6) is 0 Å². The van der Waals surface area contributed by atoms with E-state index in [9.17, 15) is 9.59 Å². The largest absolute Gasteiger partial charge is 0.352 e. The van der Waals surface area contributed by atoms with Crippen LogP contribution in [0.4, 0.5) is 0 Å². The molecule has 1 N–H and O–H groups in total. The molecule has 4 heteroatoms. The van der Waals surface area contributed by atoms with Crippen LogP contribution in [0.15, 0.2) is 0 Å². The molecular weight excluding hydrogens is 144 g/mol. The number of nitrogens with zero attached hydrogens (tertiary/aromatic N) is 1. The van der Waals surface area contributed by atoms with Crippen molar-refractivity contribution in [3.63, 3.8) is 0 Å².